The van der Waals surface area contributed by atoms with Gasteiger partial charge in [-0.15, -0.1) is 0 Å². The zero-order valence-corrected chi connectivity index (χ0v) is 8.41. The van der Waals surface area contributed by atoms with Crippen LogP contribution in [0.15, 0.2) is 0 Å². The predicted molar refractivity (Wildman–Crippen MR) is 38.7 cm³/mol. The van der Waals surface area contributed by atoms with Crippen LogP contribution in [0.5, 0.6) is 0 Å². The van der Waals surface area contributed by atoms with Gasteiger partial charge in [0.1, 0.15) is 0 Å². The van der Waals surface area contributed by atoms with E-state index in [2.05, 4.69) is 0 Å². The third kappa shape index (κ3) is 2.30. The normalized spacial score (nSPS) is 19.6. The number of halogens is 2. The minimum absolute atomic E-state index is 0.153. The van der Waals surface area contributed by atoms with Gasteiger partial charge < -0.3 is 0 Å². The van der Waals surface area contributed by atoms with E-state index in [1.807, 2.05) is 0 Å². The molecule has 0 unspecified atom stereocenters. The summed E-state index contributed by atoms with van der Waals surface area (Å²) >= 11 is -1.78. The molecule has 1 saturated heterocycles. The first-order chi connectivity index (χ1) is 4.70. The van der Waals surface area contributed by atoms with Gasteiger partial charge in [-0.3, -0.25) is 0 Å². The number of hydrogen-bond donors (Lipinski definition) is 0. The molecule has 1 heterocycles. The Morgan fingerprint density at radius 2 is 2.30 bits per heavy atom. The van der Waals surface area contributed by atoms with Gasteiger partial charge in [0.15, 0.2) is 0 Å². The SMILES string of the molecule is O=C1CCCN1[CH]=[Ru]([Cl])[Cl]. The van der Waals surface area contributed by atoms with Crippen LogP contribution in [0, 0.1) is 0 Å². The van der Waals surface area contributed by atoms with Crippen LogP contribution in [0.2, 0.25) is 0 Å². The zero-order chi connectivity index (χ0) is 7.56. The van der Waals surface area contributed by atoms with E-state index < -0.39 is 13.5 Å². The molecule has 0 aliphatic carbocycles. The van der Waals surface area contributed by atoms with Gasteiger partial charge in [0.2, 0.25) is 0 Å². The Kier molecular flexibility index (Phi) is 3.28. The van der Waals surface area contributed by atoms with Crippen LogP contribution in [-0.4, -0.2) is 22.1 Å². The number of carbonyl (C=O) groups is 1. The number of hydrogen-bond acceptors (Lipinski definition) is 1. The monoisotopic (exact) mass is 269 g/mol. The molecule has 1 rings (SSSR count). The fourth-order valence-corrected chi connectivity index (χ4v) is 2.72. The van der Waals surface area contributed by atoms with E-state index in [1.165, 1.54) is 0 Å². The average Bonchev–Trinajstić information content (AvgIpc) is 2.15. The maximum atomic E-state index is 10.9. The number of amides is 1. The Morgan fingerprint density at radius 1 is 1.60 bits per heavy atom. The maximum absolute atomic E-state index is 10.9. The first kappa shape index (κ1) is 8.64. The van der Waals surface area contributed by atoms with E-state index in [0.717, 1.165) is 13.0 Å². The average molecular weight is 269 g/mol. The summed E-state index contributed by atoms with van der Waals surface area (Å²) in [7, 11) is 11.2. The summed E-state index contributed by atoms with van der Waals surface area (Å²) < 4.78 is 1.68. The topological polar surface area (TPSA) is 20.3 Å². The number of likely N-dealkylation sites (tertiary alicyclic amines) is 1. The van der Waals surface area contributed by atoms with E-state index in [0.29, 0.717) is 6.42 Å². The molecule has 0 saturated carbocycles. The van der Waals surface area contributed by atoms with Crippen molar-refractivity contribution in [3.05, 3.63) is 0 Å². The van der Waals surface area contributed by atoms with Gasteiger partial charge in [0.05, 0.1) is 0 Å². The van der Waals surface area contributed by atoms with Crippen LogP contribution in [0.1, 0.15) is 12.8 Å². The Bertz CT molecular complexity index is 178. The molecule has 1 fully saturated rings. The zero-order valence-electron chi connectivity index (χ0n) is 5.16. The van der Waals surface area contributed by atoms with Gasteiger partial charge in [-0.2, -0.15) is 0 Å². The first-order valence-electron chi connectivity index (χ1n) is 2.83. The number of rotatable bonds is 1. The van der Waals surface area contributed by atoms with Crippen LogP contribution in [0.3, 0.4) is 0 Å². The van der Waals surface area contributed by atoms with Gasteiger partial charge in [-0.25, -0.2) is 0 Å². The van der Waals surface area contributed by atoms with Gasteiger partial charge >= 0.3 is 72.6 Å². The van der Waals surface area contributed by atoms with E-state index in [9.17, 15) is 4.79 Å². The summed E-state index contributed by atoms with van der Waals surface area (Å²) in [6, 6.07) is 0. The minimum atomic E-state index is -1.78. The van der Waals surface area contributed by atoms with Crippen molar-refractivity contribution < 1.29 is 18.3 Å². The van der Waals surface area contributed by atoms with Crippen molar-refractivity contribution in [2.45, 2.75) is 12.8 Å². The van der Waals surface area contributed by atoms with Crippen molar-refractivity contribution in [2.24, 2.45) is 0 Å². The van der Waals surface area contributed by atoms with Crippen LogP contribution < -0.4 is 0 Å². The van der Waals surface area contributed by atoms with Crippen LogP contribution in [0.25, 0.3) is 0 Å². The van der Waals surface area contributed by atoms with E-state index in [1.54, 1.807) is 9.63 Å². The summed E-state index contributed by atoms with van der Waals surface area (Å²) in [5.41, 5.74) is 0. The van der Waals surface area contributed by atoms with Gasteiger partial charge in [0.25, 0.3) is 0 Å². The molecule has 0 atom stereocenters. The first-order valence-corrected chi connectivity index (χ1v) is 8.31. The molecule has 2 nitrogen and oxygen atoms in total. The third-order valence-electron chi connectivity index (χ3n) is 1.29. The molecule has 0 N–H and O–H groups in total. The summed E-state index contributed by atoms with van der Waals surface area (Å²) in [6.45, 7) is 0.795. The third-order valence-corrected chi connectivity index (χ3v) is 2.99. The molecular formula is C5H7Cl2NORu. The molecule has 1 amide bonds. The van der Waals surface area contributed by atoms with Crippen LogP contribution >= 0.6 is 19.4 Å². The van der Waals surface area contributed by atoms with Crippen molar-refractivity contribution in [2.75, 3.05) is 6.54 Å². The molecule has 0 aromatic rings. The Labute approximate surface area is 72.6 Å². The molecule has 0 aromatic carbocycles. The molecular weight excluding hydrogens is 262 g/mol. The van der Waals surface area contributed by atoms with E-state index in [-0.39, 0.29) is 5.91 Å². The van der Waals surface area contributed by atoms with Crippen LogP contribution in [0.4, 0.5) is 0 Å². The Morgan fingerprint density at radius 3 is 2.70 bits per heavy atom. The fourth-order valence-electron chi connectivity index (χ4n) is 0.849. The summed E-state index contributed by atoms with van der Waals surface area (Å²) in [5, 5.41) is 0. The summed E-state index contributed by atoms with van der Waals surface area (Å²) in [6.07, 6.45) is 1.58. The summed E-state index contributed by atoms with van der Waals surface area (Å²) in [5.74, 6) is 0.153. The van der Waals surface area contributed by atoms with Crippen molar-refractivity contribution >= 4 is 30.0 Å². The van der Waals surface area contributed by atoms with Crippen LogP contribution in [-0.2, 0) is 18.3 Å². The molecule has 0 bridgehead atoms. The van der Waals surface area contributed by atoms with Crippen molar-refractivity contribution in [1.29, 1.82) is 0 Å². The predicted octanol–water partition coefficient (Wildman–Crippen LogP) is 1.29. The molecule has 10 heavy (non-hydrogen) atoms. The van der Waals surface area contributed by atoms with Gasteiger partial charge in [-0.05, 0) is 0 Å². The van der Waals surface area contributed by atoms with Crippen molar-refractivity contribution in [3.63, 3.8) is 0 Å². The Balaban J connectivity index is 2.56. The quantitative estimate of drug-likeness (QED) is 0.657. The second-order valence-corrected chi connectivity index (χ2v) is 7.66. The fraction of sp³-hybridized carbons (Fsp3) is 0.600. The molecule has 1 aliphatic heterocycles. The Hall–Kier alpha value is 0.543. The second kappa shape index (κ2) is 3.80. The molecule has 0 spiro atoms. The number of carbonyl (C=O) groups excluding carboxylic acids is 1. The molecule has 60 valence electrons. The molecule has 0 aromatic heterocycles. The molecule has 5 heteroatoms. The van der Waals surface area contributed by atoms with Gasteiger partial charge in [0, 0.05) is 0 Å². The van der Waals surface area contributed by atoms with Crippen molar-refractivity contribution in [3.8, 4) is 0 Å². The second-order valence-electron chi connectivity index (χ2n) is 1.99. The molecule has 1 aliphatic rings. The van der Waals surface area contributed by atoms with Crippen molar-refractivity contribution in [1.82, 2.24) is 4.90 Å². The van der Waals surface area contributed by atoms with E-state index >= 15 is 0 Å². The standard InChI is InChI=1S/C5H7NO.2ClH.Ru/c1-6-4-2-3-5(6)7;;;/h1H,2-4H2;2*1H;/q;;;+2/p-2. The summed E-state index contributed by atoms with van der Waals surface area (Å²) in [4.78, 5) is 12.5. The number of nitrogens with zero attached hydrogens (tertiary/aromatic N) is 1. The molecule has 0 radical (unpaired) electrons. The van der Waals surface area contributed by atoms with E-state index in [4.69, 9.17) is 19.4 Å². The van der Waals surface area contributed by atoms with Gasteiger partial charge in [-0.1, -0.05) is 0 Å².